The number of hydrogen-bond acceptors (Lipinski definition) is 2. The van der Waals surface area contributed by atoms with Crippen molar-refractivity contribution in [1.29, 1.82) is 0 Å². The van der Waals surface area contributed by atoms with Gasteiger partial charge in [-0.15, -0.1) is 23.1 Å². The normalized spacial score (nSPS) is 10.2. The van der Waals surface area contributed by atoms with Gasteiger partial charge in [-0.1, -0.05) is 6.92 Å². The van der Waals surface area contributed by atoms with Crippen LogP contribution in [-0.2, 0) is 0 Å². The molecule has 1 aromatic rings. The van der Waals surface area contributed by atoms with E-state index < -0.39 is 0 Å². The molecule has 0 aromatic carbocycles. The Hall–Kier alpha value is 0.0500. The number of rotatable bonds is 3. The average molecular weight is 172 g/mol. The summed E-state index contributed by atoms with van der Waals surface area (Å²) in [7, 11) is 0. The van der Waals surface area contributed by atoms with Gasteiger partial charge in [0.15, 0.2) is 0 Å². The van der Waals surface area contributed by atoms with Crippen LogP contribution >= 0.6 is 23.1 Å². The maximum atomic E-state index is 2.25. The van der Waals surface area contributed by atoms with Gasteiger partial charge in [0.25, 0.3) is 0 Å². The van der Waals surface area contributed by atoms with Gasteiger partial charge in [0, 0.05) is 0 Å². The summed E-state index contributed by atoms with van der Waals surface area (Å²) in [6.07, 6.45) is 1.27. The minimum absolute atomic E-state index is 1.25. The predicted molar refractivity (Wildman–Crippen MR) is 50.1 cm³/mol. The molecule has 2 heteroatoms. The fourth-order valence-electron chi connectivity index (χ4n) is 0.683. The molecule has 0 aliphatic carbocycles. The quantitative estimate of drug-likeness (QED) is 0.628. The second-order valence-electron chi connectivity index (χ2n) is 2.29. The van der Waals surface area contributed by atoms with Crippen molar-refractivity contribution >= 4 is 23.1 Å². The third-order valence-electron chi connectivity index (χ3n) is 1.15. The highest BCUT2D eigenvalue weighted by atomic mass is 32.2. The highest BCUT2D eigenvalue weighted by Crippen LogP contribution is 2.25. The molecule has 1 rings (SSSR count). The fraction of sp³-hybridized carbons (Fsp3) is 0.500. The van der Waals surface area contributed by atoms with E-state index in [0.717, 1.165) is 0 Å². The molecular weight excluding hydrogens is 160 g/mol. The van der Waals surface area contributed by atoms with Gasteiger partial charge in [0.1, 0.15) is 0 Å². The smallest absolute Gasteiger partial charge is 0.0601 e. The Labute approximate surface area is 70.7 Å². The van der Waals surface area contributed by atoms with Crippen molar-refractivity contribution in [2.75, 3.05) is 5.75 Å². The van der Waals surface area contributed by atoms with Crippen molar-refractivity contribution in [1.82, 2.24) is 0 Å². The Morgan fingerprint density at radius 1 is 1.60 bits per heavy atom. The summed E-state index contributed by atoms with van der Waals surface area (Å²) in [5.74, 6) is 1.25. The monoisotopic (exact) mass is 172 g/mol. The summed E-state index contributed by atoms with van der Waals surface area (Å²) in [5, 5.41) is 2.21. The lowest BCUT2D eigenvalue weighted by Crippen LogP contribution is -1.69. The maximum Gasteiger partial charge on any atom is 0.0601 e. The Bertz CT molecular complexity index is 191. The summed E-state index contributed by atoms with van der Waals surface area (Å²) in [5.41, 5.74) is 1.39. The molecule has 0 fully saturated rings. The lowest BCUT2D eigenvalue weighted by molar-refractivity contribution is 1.11. The number of hydrogen-bond donors (Lipinski definition) is 0. The van der Waals surface area contributed by atoms with Crippen molar-refractivity contribution in [2.45, 2.75) is 24.5 Å². The fourth-order valence-corrected chi connectivity index (χ4v) is 2.65. The molecule has 0 radical (unpaired) electrons. The molecule has 1 heterocycles. The second-order valence-corrected chi connectivity index (χ2v) is 4.60. The van der Waals surface area contributed by atoms with E-state index in [9.17, 15) is 0 Å². The van der Waals surface area contributed by atoms with E-state index >= 15 is 0 Å². The van der Waals surface area contributed by atoms with Gasteiger partial charge in [-0.25, -0.2) is 0 Å². The first-order chi connectivity index (χ1) is 4.83. The van der Waals surface area contributed by atoms with Gasteiger partial charge in [0.05, 0.1) is 4.21 Å². The zero-order valence-corrected chi connectivity index (χ0v) is 8.02. The highest BCUT2D eigenvalue weighted by Gasteiger charge is 1.94. The molecular formula is C8H12S2. The minimum atomic E-state index is 1.25. The predicted octanol–water partition coefficient (Wildman–Crippen LogP) is 3.56. The Morgan fingerprint density at radius 2 is 2.40 bits per heavy atom. The van der Waals surface area contributed by atoms with Crippen LogP contribution in [0.15, 0.2) is 15.7 Å². The third kappa shape index (κ3) is 2.35. The van der Waals surface area contributed by atoms with Gasteiger partial charge in [0.2, 0.25) is 0 Å². The zero-order valence-electron chi connectivity index (χ0n) is 6.39. The molecule has 0 amide bonds. The lowest BCUT2D eigenvalue weighted by Gasteiger charge is -1.90. The van der Waals surface area contributed by atoms with Gasteiger partial charge in [-0.2, -0.15) is 0 Å². The molecule has 0 saturated heterocycles. The first kappa shape index (κ1) is 8.15. The molecule has 1 aromatic heterocycles. The van der Waals surface area contributed by atoms with Crippen LogP contribution < -0.4 is 0 Å². The van der Waals surface area contributed by atoms with E-state index in [4.69, 9.17) is 0 Å². The van der Waals surface area contributed by atoms with Crippen molar-refractivity contribution in [3.05, 3.63) is 17.0 Å². The largest absolute Gasteiger partial charge is 0.137 e. The van der Waals surface area contributed by atoms with E-state index in [1.165, 1.54) is 21.9 Å². The van der Waals surface area contributed by atoms with Crippen molar-refractivity contribution < 1.29 is 0 Å². The first-order valence-corrected chi connectivity index (χ1v) is 5.37. The molecule has 0 spiro atoms. The number of aryl methyl sites for hydroxylation is 1. The molecule has 0 saturated carbocycles. The van der Waals surface area contributed by atoms with Crippen LogP contribution in [0.3, 0.4) is 0 Å². The Kier molecular flexibility index (Phi) is 3.29. The third-order valence-corrected chi connectivity index (χ3v) is 3.65. The summed E-state index contributed by atoms with van der Waals surface area (Å²) >= 11 is 3.81. The Balaban J connectivity index is 2.42. The summed E-state index contributed by atoms with van der Waals surface area (Å²) in [6, 6.07) is 2.25. The topological polar surface area (TPSA) is 0 Å². The standard InChI is InChI=1S/C8H12S2/c1-3-4-9-8-5-7(2)6-10-8/h5-6H,3-4H2,1-2H3. The molecule has 0 N–H and O–H groups in total. The zero-order chi connectivity index (χ0) is 7.40. The summed E-state index contributed by atoms with van der Waals surface area (Å²) in [4.78, 5) is 0. The van der Waals surface area contributed by atoms with Crippen LogP contribution in [0.4, 0.5) is 0 Å². The van der Waals surface area contributed by atoms with Crippen LogP contribution in [-0.4, -0.2) is 5.75 Å². The van der Waals surface area contributed by atoms with E-state index in [1.807, 2.05) is 23.1 Å². The van der Waals surface area contributed by atoms with Crippen molar-refractivity contribution in [3.8, 4) is 0 Å². The highest BCUT2D eigenvalue weighted by molar-refractivity contribution is 8.01. The van der Waals surface area contributed by atoms with Crippen molar-refractivity contribution in [2.24, 2.45) is 0 Å². The van der Waals surface area contributed by atoms with Crippen LogP contribution in [0.5, 0.6) is 0 Å². The van der Waals surface area contributed by atoms with Gasteiger partial charge >= 0.3 is 0 Å². The summed E-state index contributed by atoms with van der Waals surface area (Å²) in [6.45, 7) is 4.36. The molecule has 0 unspecified atom stereocenters. The molecule has 0 bridgehead atoms. The van der Waals surface area contributed by atoms with E-state index in [0.29, 0.717) is 0 Å². The van der Waals surface area contributed by atoms with E-state index in [-0.39, 0.29) is 0 Å². The molecule has 0 aliphatic rings. The minimum Gasteiger partial charge on any atom is -0.137 e. The number of thioether (sulfide) groups is 1. The van der Waals surface area contributed by atoms with Crippen molar-refractivity contribution in [3.63, 3.8) is 0 Å². The molecule has 56 valence electrons. The van der Waals surface area contributed by atoms with Gasteiger partial charge in [-0.3, -0.25) is 0 Å². The van der Waals surface area contributed by atoms with Crippen LogP contribution in [0.25, 0.3) is 0 Å². The number of thiophene rings is 1. The van der Waals surface area contributed by atoms with Crippen LogP contribution in [0, 0.1) is 6.92 Å². The SMILES string of the molecule is CCCSc1cc(C)cs1. The van der Waals surface area contributed by atoms with E-state index in [2.05, 4.69) is 25.3 Å². The van der Waals surface area contributed by atoms with Crippen LogP contribution in [0.1, 0.15) is 18.9 Å². The first-order valence-electron chi connectivity index (χ1n) is 3.51. The Morgan fingerprint density at radius 3 is 2.90 bits per heavy atom. The summed E-state index contributed by atoms with van der Waals surface area (Å²) < 4.78 is 1.46. The van der Waals surface area contributed by atoms with Gasteiger partial charge in [-0.05, 0) is 36.1 Å². The molecule has 0 nitrogen and oxygen atoms in total. The average Bonchev–Trinajstić information content (AvgIpc) is 2.31. The molecule has 0 aliphatic heterocycles. The van der Waals surface area contributed by atoms with Crippen LogP contribution in [0.2, 0.25) is 0 Å². The van der Waals surface area contributed by atoms with Gasteiger partial charge < -0.3 is 0 Å². The van der Waals surface area contributed by atoms with E-state index in [1.54, 1.807) is 0 Å². The molecule has 0 atom stereocenters. The molecule has 10 heavy (non-hydrogen) atoms. The lowest BCUT2D eigenvalue weighted by atomic mass is 10.4. The maximum absolute atomic E-state index is 2.25. The second kappa shape index (κ2) is 4.04.